The minimum atomic E-state index is -3.56. The molecule has 62 valence electrons. The van der Waals surface area contributed by atoms with E-state index in [4.69, 9.17) is 9.79 Å². The summed E-state index contributed by atoms with van der Waals surface area (Å²) in [6, 6.07) is 0. The van der Waals surface area contributed by atoms with Gasteiger partial charge in [0.05, 0.1) is 0 Å². The lowest BCUT2D eigenvalue weighted by Gasteiger charge is -2.05. The van der Waals surface area contributed by atoms with Gasteiger partial charge in [0.15, 0.2) is 6.73 Å². The molecule has 0 heterocycles. The highest BCUT2D eigenvalue weighted by atomic mass is 32.2. The molecule has 0 aliphatic heterocycles. The zero-order chi connectivity index (χ0) is 8.04. The first-order valence-corrected chi connectivity index (χ1v) is 5.16. The minimum Gasteiger partial charge on any atom is -0.294 e. The lowest BCUT2D eigenvalue weighted by atomic mass is 11.2. The molecule has 7 heteroatoms. The summed E-state index contributed by atoms with van der Waals surface area (Å²) in [6.07, 6.45) is 1.57. The molecule has 0 saturated carbocycles. The van der Waals surface area contributed by atoms with E-state index in [1.165, 1.54) is 0 Å². The Balaban J connectivity index is 3.42. The Bertz CT molecular complexity index is 92.6. The molecule has 0 amide bonds. The van der Waals surface area contributed by atoms with E-state index in [1.54, 1.807) is 13.3 Å². The van der Waals surface area contributed by atoms with Crippen molar-refractivity contribution < 1.29 is 18.3 Å². The zero-order valence-corrected chi connectivity index (χ0v) is 7.48. The second-order valence-corrected chi connectivity index (χ2v) is 3.53. The molecular weight excluding hydrogens is 177 g/mol. The highest BCUT2D eigenvalue weighted by molar-refractivity contribution is 7.97. The Morgan fingerprint density at radius 1 is 1.60 bits per heavy atom. The third kappa shape index (κ3) is 5.37. The van der Waals surface area contributed by atoms with E-state index in [9.17, 15) is 0 Å². The summed E-state index contributed by atoms with van der Waals surface area (Å²) in [5.74, 6) is 0. The van der Waals surface area contributed by atoms with Crippen LogP contribution in [-0.4, -0.2) is 29.8 Å². The Morgan fingerprint density at radius 2 is 2.20 bits per heavy atom. The second kappa shape index (κ2) is 5.26. The maximum atomic E-state index is 8.81. The molecule has 0 spiro atoms. The first-order valence-electron chi connectivity index (χ1n) is 2.48. The van der Waals surface area contributed by atoms with Crippen LogP contribution in [0, 0.1) is 0 Å². The molecule has 0 aliphatic rings. The van der Waals surface area contributed by atoms with Crippen molar-refractivity contribution in [1.29, 1.82) is 0 Å². The molecule has 10 heavy (non-hydrogen) atoms. The Kier molecular flexibility index (Phi) is 5.56. The van der Waals surface area contributed by atoms with Gasteiger partial charge in [-0.25, -0.2) is 0 Å². The van der Waals surface area contributed by atoms with Crippen LogP contribution >= 0.6 is 20.2 Å². The first kappa shape index (κ1) is 10.6. The van der Waals surface area contributed by atoms with Gasteiger partial charge in [0.25, 0.3) is 0 Å². The van der Waals surface area contributed by atoms with Gasteiger partial charge in [0.2, 0.25) is 0 Å². The zero-order valence-electron chi connectivity index (χ0n) is 5.77. The third-order valence-corrected chi connectivity index (χ3v) is 2.39. The monoisotopic (exact) mass is 188 g/mol. The average Bonchev–Trinajstić information content (AvgIpc) is 1.84. The molecule has 0 radical (unpaired) electrons. The van der Waals surface area contributed by atoms with Crippen molar-refractivity contribution in [3.05, 3.63) is 0 Å². The normalized spacial score (nSPS) is 12.0. The van der Waals surface area contributed by atoms with Gasteiger partial charge >= 0.3 is 8.17 Å². The number of rotatable bonds is 5. The second-order valence-electron chi connectivity index (χ2n) is 1.36. The van der Waals surface area contributed by atoms with Crippen molar-refractivity contribution in [2.45, 2.75) is 0 Å². The van der Waals surface area contributed by atoms with Crippen LogP contribution in [0.4, 0.5) is 0 Å². The van der Waals surface area contributed by atoms with E-state index in [0.717, 1.165) is 12.0 Å². The quantitative estimate of drug-likeness (QED) is 0.324. The lowest BCUT2D eigenvalue weighted by molar-refractivity contribution is 0.168. The summed E-state index contributed by atoms with van der Waals surface area (Å²) in [5.41, 5.74) is 0. The van der Waals surface area contributed by atoms with Crippen molar-refractivity contribution >= 4 is 20.2 Å². The van der Waals surface area contributed by atoms with Gasteiger partial charge in [-0.2, -0.15) is 9.79 Å². The summed E-state index contributed by atoms with van der Waals surface area (Å²) in [6.45, 7) is 0.0569. The van der Waals surface area contributed by atoms with E-state index in [1.807, 2.05) is 0 Å². The van der Waals surface area contributed by atoms with Crippen LogP contribution < -0.4 is 5.32 Å². The average molecular weight is 188 g/mol. The molecule has 0 rings (SSSR count). The Hall–Kier alpha value is 0.580. The smallest absolute Gasteiger partial charge is 0.294 e. The van der Waals surface area contributed by atoms with Gasteiger partial charge in [-0.3, -0.25) is 5.32 Å². The van der Waals surface area contributed by atoms with Crippen molar-refractivity contribution in [2.24, 2.45) is 0 Å². The summed E-state index contributed by atoms with van der Waals surface area (Å²) in [4.78, 5) is 17.6. The SMILES string of the molecule is CNCO[P+](O)(O)OSC. The molecule has 0 aliphatic carbocycles. The van der Waals surface area contributed by atoms with E-state index in [2.05, 4.69) is 13.8 Å². The van der Waals surface area contributed by atoms with Crippen molar-refractivity contribution in [2.75, 3.05) is 20.0 Å². The van der Waals surface area contributed by atoms with Crippen molar-refractivity contribution in [3.8, 4) is 0 Å². The molecular formula is C3H11NO4PS+. The Labute approximate surface area is 64.6 Å². The fourth-order valence-electron chi connectivity index (χ4n) is 0.267. The van der Waals surface area contributed by atoms with E-state index in [0.29, 0.717) is 0 Å². The van der Waals surface area contributed by atoms with Crippen LogP contribution in [0.1, 0.15) is 0 Å². The van der Waals surface area contributed by atoms with Crippen molar-refractivity contribution in [3.63, 3.8) is 0 Å². The van der Waals surface area contributed by atoms with Crippen molar-refractivity contribution in [1.82, 2.24) is 5.32 Å². The maximum absolute atomic E-state index is 8.81. The fraction of sp³-hybridized carbons (Fsp3) is 1.00. The van der Waals surface area contributed by atoms with Crippen LogP contribution in [0.2, 0.25) is 0 Å². The fourth-order valence-corrected chi connectivity index (χ4v) is 1.51. The molecule has 0 aromatic heterocycles. The molecule has 3 N–H and O–H groups in total. The van der Waals surface area contributed by atoms with E-state index < -0.39 is 8.17 Å². The van der Waals surface area contributed by atoms with Gasteiger partial charge in [-0.15, -0.1) is 4.52 Å². The van der Waals surface area contributed by atoms with Gasteiger partial charge in [0, 0.05) is 18.3 Å². The molecule has 0 atom stereocenters. The summed E-state index contributed by atoms with van der Waals surface area (Å²) in [7, 11) is -1.93. The summed E-state index contributed by atoms with van der Waals surface area (Å²) < 4.78 is 8.90. The highest BCUT2D eigenvalue weighted by Gasteiger charge is 2.39. The number of nitrogens with one attached hydrogen (secondary N) is 1. The number of hydrogen-bond acceptors (Lipinski definition) is 6. The first-order chi connectivity index (χ1) is 4.62. The molecule has 0 fully saturated rings. The predicted molar refractivity (Wildman–Crippen MR) is 41.0 cm³/mol. The van der Waals surface area contributed by atoms with Gasteiger partial charge in [-0.1, -0.05) is 3.97 Å². The number of hydrogen-bond donors (Lipinski definition) is 3. The van der Waals surface area contributed by atoms with E-state index in [-0.39, 0.29) is 6.73 Å². The van der Waals surface area contributed by atoms with Gasteiger partial charge < -0.3 is 0 Å². The van der Waals surface area contributed by atoms with Crippen LogP contribution in [-0.2, 0) is 8.49 Å². The summed E-state index contributed by atoms with van der Waals surface area (Å²) >= 11 is 0.856. The topological polar surface area (TPSA) is 71.0 Å². The van der Waals surface area contributed by atoms with E-state index >= 15 is 0 Å². The standard InChI is InChI=1S/C3H11NO4PS/c1-4-3-7-9(5,6)8-10-2/h4-6H,3H2,1-2H3/q+1. The third-order valence-electron chi connectivity index (χ3n) is 0.549. The van der Waals surface area contributed by atoms with Crippen LogP contribution in [0.25, 0.3) is 0 Å². The minimum absolute atomic E-state index is 0.0569. The van der Waals surface area contributed by atoms with Crippen LogP contribution in [0.5, 0.6) is 0 Å². The van der Waals surface area contributed by atoms with Gasteiger partial charge in [0.1, 0.15) is 0 Å². The van der Waals surface area contributed by atoms with Crippen LogP contribution in [0.15, 0.2) is 0 Å². The lowest BCUT2D eigenvalue weighted by Crippen LogP contribution is -2.12. The highest BCUT2D eigenvalue weighted by Crippen LogP contribution is 2.54. The molecule has 0 aromatic rings. The van der Waals surface area contributed by atoms with Gasteiger partial charge in [-0.05, 0) is 7.05 Å². The molecule has 0 unspecified atom stereocenters. The Morgan fingerprint density at radius 3 is 2.60 bits per heavy atom. The maximum Gasteiger partial charge on any atom is 0.583 e. The predicted octanol–water partition coefficient (Wildman–Crippen LogP) is 0.137. The molecule has 0 aromatic carbocycles. The van der Waals surface area contributed by atoms with Crippen LogP contribution in [0.3, 0.4) is 0 Å². The molecule has 0 bridgehead atoms. The molecule has 5 nitrogen and oxygen atoms in total. The largest absolute Gasteiger partial charge is 0.583 e. The molecule has 0 saturated heterocycles. The summed E-state index contributed by atoms with van der Waals surface area (Å²) in [5, 5.41) is 2.58.